The van der Waals surface area contributed by atoms with E-state index in [0.717, 1.165) is 25.7 Å². The van der Waals surface area contributed by atoms with Crippen molar-refractivity contribution in [1.82, 2.24) is 4.90 Å². The Balaban J connectivity index is 1.93. The van der Waals surface area contributed by atoms with E-state index in [0.29, 0.717) is 17.1 Å². The third kappa shape index (κ3) is 4.63. The summed E-state index contributed by atoms with van der Waals surface area (Å²) in [5.74, 6) is 0.238. The van der Waals surface area contributed by atoms with E-state index < -0.39 is 5.97 Å². The van der Waals surface area contributed by atoms with Crippen LogP contribution in [0.4, 0.5) is 0 Å². The molecule has 0 bridgehead atoms. The number of nitrogens with zero attached hydrogens (tertiary/aromatic N) is 1. The van der Waals surface area contributed by atoms with Gasteiger partial charge in [-0.2, -0.15) is 0 Å². The second kappa shape index (κ2) is 8.57. The van der Waals surface area contributed by atoms with Crippen molar-refractivity contribution in [2.75, 3.05) is 27.9 Å². The van der Waals surface area contributed by atoms with E-state index in [-0.39, 0.29) is 18.6 Å². The van der Waals surface area contributed by atoms with Crippen LogP contribution in [-0.4, -0.2) is 50.7 Å². The normalized spacial score (nSPS) is 14.8. The Morgan fingerprint density at radius 1 is 1.04 bits per heavy atom. The number of benzene rings is 1. The summed E-state index contributed by atoms with van der Waals surface area (Å²) >= 11 is 0. The Morgan fingerprint density at radius 3 is 2.17 bits per heavy atom. The van der Waals surface area contributed by atoms with Crippen LogP contribution < -0.4 is 9.47 Å². The first-order chi connectivity index (χ1) is 11.5. The minimum absolute atomic E-state index is 0.176. The number of carbonyl (C=O) groups excluding carboxylic acids is 2. The van der Waals surface area contributed by atoms with Crippen molar-refractivity contribution < 1.29 is 23.8 Å². The molecule has 132 valence electrons. The number of hydrogen-bond acceptors (Lipinski definition) is 5. The van der Waals surface area contributed by atoms with Crippen LogP contribution in [0.3, 0.4) is 0 Å². The van der Waals surface area contributed by atoms with Gasteiger partial charge in [-0.05, 0) is 25.0 Å². The lowest BCUT2D eigenvalue weighted by molar-refractivity contribution is -0.135. The summed E-state index contributed by atoms with van der Waals surface area (Å²) in [5, 5.41) is 0. The van der Waals surface area contributed by atoms with E-state index >= 15 is 0 Å². The first-order valence-electron chi connectivity index (χ1n) is 8.21. The Morgan fingerprint density at radius 2 is 1.62 bits per heavy atom. The van der Waals surface area contributed by atoms with Crippen LogP contribution in [0.1, 0.15) is 42.5 Å². The van der Waals surface area contributed by atoms with Crippen molar-refractivity contribution in [2.45, 2.75) is 38.1 Å². The Hall–Kier alpha value is -2.24. The lowest BCUT2D eigenvalue weighted by atomic mass is 9.94. The molecule has 0 aliphatic heterocycles. The molecular formula is C18H25NO5. The largest absolute Gasteiger partial charge is 0.497 e. The van der Waals surface area contributed by atoms with Gasteiger partial charge in [-0.1, -0.05) is 19.3 Å². The van der Waals surface area contributed by atoms with Gasteiger partial charge in [0.25, 0.3) is 5.91 Å². The number of esters is 1. The van der Waals surface area contributed by atoms with Crippen LogP contribution in [0.15, 0.2) is 18.2 Å². The Labute approximate surface area is 142 Å². The zero-order valence-electron chi connectivity index (χ0n) is 14.5. The molecule has 0 atom stereocenters. The van der Waals surface area contributed by atoms with Gasteiger partial charge in [-0.15, -0.1) is 0 Å². The third-order valence-corrected chi connectivity index (χ3v) is 4.43. The molecule has 6 heteroatoms. The van der Waals surface area contributed by atoms with Crippen molar-refractivity contribution >= 4 is 11.9 Å². The molecule has 0 unspecified atom stereocenters. The maximum Gasteiger partial charge on any atom is 0.338 e. The van der Waals surface area contributed by atoms with E-state index in [1.165, 1.54) is 20.6 Å². The lowest BCUT2D eigenvalue weighted by Crippen LogP contribution is -2.40. The van der Waals surface area contributed by atoms with Crippen molar-refractivity contribution in [2.24, 2.45) is 0 Å². The van der Waals surface area contributed by atoms with E-state index in [9.17, 15) is 9.59 Å². The lowest BCUT2D eigenvalue weighted by Gasteiger charge is -2.31. The van der Waals surface area contributed by atoms with Gasteiger partial charge in [0.2, 0.25) is 0 Å². The minimum Gasteiger partial charge on any atom is -0.497 e. The number of likely N-dealkylation sites (N-methyl/N-ethyl adjacent to an activating group) is 1. The molecule has 1 aliphatic carbocycles. The third-order valence-electron chi connectivity index (χ3n) is 4.43. The molecule has 6 nitrogen and oxygen atoms in total. The Bertz CT molecular complexity index is 559. The molecule has 1 aromatic rings. The second-order valence-electron chi connectivity index (χ2n) is 5.97. The number of carbonyl (C=O) groups is 2. The van der Waals surface area contributed by atoms with Crippen LogP contribution in [0, 0.1) is 0 Å². The van der Waals surface area contributed by atoms with Gasteiger partial charge in [0.15, 0.2) is 6.61 Å². The fraction of sp³-hybridized carbons (Fsp3) is 0.556. The molecule has 2 rings (SSSR count). The van der Waals surface area contributed by atoms with Crippen LogP contribution in [0.2, 0.25) is 0 Å². The molecule has 1 fully saturated rings. The van der Waals surface area contributed by atoms with Crippen molar-refractivity contribution in [3.8, 4) is 11.5 Å². The monoisotopic (exact) mass is 335 g/mol. The van der Waals surface area contributed by atoms with Gasteiger partial charge in [0, 0.05) is 19.2 Å². The number of rotatable bonds is 6. The van der Waals surface area contributed by atoms with Crippen molar-refractivity contribution in [3.05, 3.63) is 23.8 Å². The van der Waals surface area contributed by atoms with Gasteiger partial charge in [0.1, 0.15) is 11.5 Å². The highest BCUT2D eigenvalue weighted by Crippen LogP contribution is 2.23. The fourth-order valence-electron chi connectivity index (χ4n) is 2.91. The summed E-state index contributed by atoms with van der Waals surface area (Å²) in [6.07, 6.45) is 5.55. The summed E-state index contributed by atoms with van der Waals surface area (Å²) in [5.41, 5.74) is 0.291. The summed E-state index contributed by atoms with van der Waals surface area (Å²) in [6, 6.07) is 5.03. The van der Waals surface area contributed by atoms with Crippen LogP contribution in [0.5, 0.6) is 11.5 Å². The molecule has 0 heterocycles. The van der Waals surface area contributed by atoms with E-state index in [2.05, 4.69) is 0 Å². The molecule has 1 aromatic carbocycles. The first-order valence-corrected chi connectivity index (χ1v) is 8.21. The number of ether oxygens (including phenoxy) is 3. The van der Waals surface area contributed by atoms with E-state index in [4.69, 9.17) is 14.2 Å². The summed E-state index contributed by atoms with van der Waals surface area (Å²) < 4.78 is 15.4. The zero-order chi connectivity index (χ0) is 17.5. The van der Waals surface area contributed by atoms with Gasteiger partial charge >= 0.3 is 5.97 Å². The average molecular weight is 335 g/mol. The standard InChI is InChI=1S/C18H25NO5/c1-19(14-7-5-4-6-8-14)17(20)12-24-18(21)13-9-15(22-2)11-16(10-13)23-3/h9-11,14H,4-8,12H2,1-3H3. The van der Waals surface area contributed by atoms with Crippen LogP contribution >= 0.6 is 0 Å². The minimum atomic E-state index is -0.572. The second-order valence-corrected chi connectivity index (χ2v) is 5.97. The Kier molecular flexibility index (Phi) is 6.46. The highest BCUT2D eigenvalue weighted by atomic mass is 16.5. The van der Waals surface area contributed by atoms with E-state index in [1.807, 2.05) is 0 Å². The molecular weight excluding hydrogens is 310 g/mol. The highest BCUT2D eigenvalue weighted by molar-refractivity contribution is 5.92. The predicted molar refractivity (Wildman–Crippen MR) is 89.5 cm³/mol. The zero-order valence-corrected chi connectivity index (χ0v) is 14.5. The van der Waals surface area contributed by atoms with Crippen molar-refractivity contribution in [1.29, 1.82) is 0 Å². The molecule has 0 N–H and O–H groups in total. The van der Waals surface area contributed by atoms with Crippen LogP contribution in [0.25, 0.3) is 0 Å². The molecule has 0 radical (unpaired) electrons. The number of methoxy groups -OCH3 is 2. The molecule has 0 spiro atoms. The van der Waals surface area contributed by atoms with Crippen LogP contribution in [-0.2, 0) is 9.53 Å². The smallest absolute Gasteiger partial charge is 0.338 e. The van der Waals surface area contributed by atoms with E-state index in [1.54, 1.807) is 30.1 Å². The number of hydrogen-bond donors (Lipinski definition) is 0. The summed E-state index contributed by atoms with van der Waals surface area (Å²) in [7, 11) is 4.79. The number of amides is 1. The van der Waals surface area contributed by atoms with Crippen molar-refractivity contribution in [3.63, 3.8) is 0 Å². The van der Waals surface area contributed by atoms with Gasteiger partial charge in [-0.25, -0.2) is 4.79 Å². The quantitative estimate of drug-likeness (QED) is 0.748. The molecule has 0 aromatic heterocycles. The van der Waals surface area contributed by atoms with Gasteiger partial charge in [-0.3, -0.25) is 4.79 Å². The highest BCUT2D eigenvalue weighted by Gasteiger charge is 2.23. The first kappa shape index (κ1) is 18.1. The maximum absolute atomic E-state index is 12.2. The van der Waals surface area contributed by atoms with Gasteiger partial charge in [0.05, 0.1) is 19.8 Å². The topological polar surface area (TPSA) is 65.1 Å². The SMILES string of the molecule is COc1cc(OC)cc(C(=O)OCC(=O)N(C)C2CCCCC2)c1. The predicted octanol–water partition coefficient (Wildman–Crippen LogP) is 2.65. The van der Waals surface area contributed by atoms with Gasteiger partial charge < -0.3 is 19.1 Å². The molecule has 1 amide bonds. The molecule has 1 saturated carbocycles. The molecule has 24 heavy (non-hydrogen) atoms. The molecule has 0 saturated heterocycles. The molecule has 1 aliphatic rings. The fourth-order valence-corrected chi connectivity index (χ4v) is 2.91. The summed E-state index contributed by atoms with van der Waals surface area (Å²) in [4.78, 5) is 26.1. The average Bonchev–Trinajstić information content (AvgIpc) is 2.65. The summed E-state index contributed by atoms with van der Waals surface area (Å²) in [6.45, 7) is -0.259. The maximum atomic E-state index is 12.2.